The molecule has 1 N–H and O–H groups in total. The van der Waals surface area contributed by atoms with Crippen molar-refractivity contribution in [2.45, 2.75) is 13.0 Å². The van der Waals surface area contributed by atoms with Crippen molar-refractivity contribution < 1.29 is 9.53 Å². The molecule has 0 aliphatic carbocycles. The molecule has 6 heteroatoms. The third kappa shape index (κ3) is 3.45. The lowest BCUT2D eigenvalue weighted by Crippen LogP contribution is -2.06. The van der Waals surface area contributed by atoms with E-state index < -0.39 is 0 Å². The molecule has 0 amide bonds. The second-order valence-electron chi connectivity index (χ2n) is 4.21. The Morgan fingerprint density at radius 2 is 1.95 bits per heavy atom. The summed E-state index contributed by atoms with van der Waals surface area (Å²) >= 11 is 13.4. The molecule has 0 fully saturated rings. The van der Waals surface area contributed by atoms with Crippen LogP contribution < -0.4 is 5.32 Å². The number of anilines is 1. The number of hydrogen-bond acceptors (Lipinski definition) is 4. The van der Waals surface area contributed by atoms with Gasteiger partial charge in [-0.05, 0) is 37.3 Å². The molecular formula is C14H13Cl2NO2S. The maximum absolute atomic E-state index is 11.3. The van der Waals surface area contributed by atoms with Crippen LogP contribution in [0.2, 0.25) is 8.67 Å². The number of rotatable bonds is 4. The average molecular weight is 330 g/mol. The molecule has 20 heavy (non-hydrogen) atoms. The number of thiophene rings is 1. The van der Waals surface area contributed by atoms with E-state index in [0.29, 0.717) is 14.2 Å². The fourth-order valence-electron chi connectivity index (χ4n) is 1.80. The Labute approximate surface area is 131 Å². The van der Waals surface area contributed by atoms with E-state index in [1.807, 2.05) is 25.1 Å². The standard InChI is InChI=1S/C14H13Cl2NO2S/c1-8(11-7-12(15)20-13(11)16)17-10-5-3-9(4-6-10)14(18)19-2/h3-8,17H,1-2H3. The van der Waals surface area contributed by atoms with Gasteiger partial charge >= 0.3 is 5.97 Å². The number of ether oxygens (including phenoxy) is 1. The molecule has 1 atom stereocenters. The lowest BCUT2D eigenvalue weighted by molar-refractivity contribution is 0.0601. The van der Waals surface area contributed by atoms with Gasteiger partial charge < -0.3 is 10.1 Å². The van der Waals surface area contributed by atoms with Gasteiger partial charge in [-0.2, -0.15) is 0 Å². The summed E-state index contributed by atoms with van der Waals surface area (Å²) in [5.41, 5.74) is 2.37. The van der Waals surface area contributed by atoms with Crippen LogP contribution in [0.25, 0.3) is 0 Å². The van der Waals surface area contributed by atoms with Gasteiger partial charge in [-0.15, -0.1) is 11.3 Å². The van der Waals surface area contributed by atoms with Gasteiger partial charge in [0.25, 0.3) is 0 Å². The second kappa shape index (κ2) is 6.48. The minimum Gasteiger partial charge on any atom is -0.465 e. The summed E-state index contributed by atoms with van der Waals surface area (Å²) in [6, 6.07) is 8.95. The van der Waals surface area contributed by atoms with Crippen molar-refractivity contribution in [1.29, 1.82) is 0 Å². The normalized spacial score (nSPS) is 12.0. The molecule has 2 rings (SSSR count). The molecule has 1 unspecified atom stereocenters. The molecular weight excluding hydrogens is 317 g/mol. The highest BCUT2D eigenvalue weighted by molar-refractivity contribution is 7.20. The first-order chi connectivity index (χ1) is 9.51. The van der Waals surface area contributed by atoms with Crippen molar-refractivity contribution in [3.8, 4) is 0 Å². The van der Waals surface area contributed by atoms with Crippen LogP contribution in [0.3, 0.4) is 0 Å². The van der Waals surface area contributed by atoms with E-state index in [2.05, 4.69) is 10.1 Å². The van der Waals surface area contributed by atoms with Crippen LogP contribution in [-0.2, 0) is 4.74 Å². The molecule has 0 aliphatic rings. The van der Waals surface area contributed by atoms with Gasteiger partial charge in [-0.3, -0.25) is 0 Å². The Balaban J connectivity index is 2.10. The van der Waals surface area contributed by atoms with Crippen molar-refractivity contribution in [3.05, 3.63) is 50.1 Å². The maximum atomic E-state index is 11.3. The van der Waals surface area contributed by atoms with Gasteiger partial charge in [0.1, 0.15) is 0 Å². The van der Waals surface area contributed by atoms with Crippen LogP contribution in [-0.4, -0.2) is 13.1 Å². The van der Waals surface area contributed by atoms with Crippen molar-refractivity contribution in [3.63, 3.8) is 0 Å². The van der Waals surface area contributed by atoms with E-state index in [4.69, 9.17) is 23.2 Å². The highest BCUT2D eigenvalue weighted by Crippen LogP contribution is 2.36. The lowest BCUT2D eigenvalue weighted by atomic mass is 10.1. The van der Waals surface area contributed by atoms with Crippen molar-refractivity contribution in [2.75, 3.05) is 12.4 Å². The third-order valence-electron chi connectivity index (χ3n) is 2.84. The number of hydrogen-bond donors (Lipinski definition) is 1. The minimum atomic E-state index is -0.350. The smallest absolute Gasteiger partial charge is 0.337 e. The topological polar surface area (TPSA) is 38.3 Å². The van der Waals surface area contributed by atoms with Gasteiger partial charge in [0.2, 0.25) is 0 Å². The van der Waals surface area contributed by atoms with E-state index in [1.54, 1.807) is 12.1 Å². The molecule has 1 aromatic carbocycles. The Morgan fingerprint density at radius 3 is 2.45 bits per heavy atom. The summed E-state index contributed by atoms with van der Waals surface area (Å²) in [5.74, 6) is -0.350. The van der Waals surface area contributed by atoms with Gasteiger partial charge in [0.15, 0.2) is 0 Å². The lowest BCUT2D eigenvalue weighted by Gasteiger charge is -2.15. The Morgan fingerprint density at radius 1 is 1.30 bits per heavy atom. The summed E-state index contributed by atoms with van der Waals surface area (Å²) in [4.78, 5) is 11.3. The van der Waals surface area contributed by atoms with Crippen LogP contribution in [0.5, 0.6) is 0 Å². The quantitative estimate of drug-likeness (QED) is 0.801. The predicted octanol–water partition coefficient (Wildman–Crippen LogP) is 5.01. The highest BCUT2D eigenvalue weighted by Gasteiger charge is 2.13. The average Bonchev–Trinajstić information content (AvgIpc) is 2.78. The van der Waals surface area contributed by atoms with E-state index in [1.165, 1.54) is 18.4 Å². The minimum absolute atomic E-state index is 0.0234. The van der Waals surface area contributed by atoms with Crippen molar-refractivity contribution in [2.24, 2.45) is 0 Å². The number of methoxy groups -OCH3 is 1. The molecule has 0 saturated heterocycles. The van der Waals surface area contributed by atoms with Crippen LogP contribution in [0.15, 0.2) is 30.3 Å². The number of benzene rings is 1. The van der Waals surface area contributed by atoms with Crippen LogP contribution >= 0.6 is 34.5 Å². The highest BCUT2D eigenvalue weighted by atomic mass is 35.5. The number of carbonyl (C=O) groups is 1. The zero-order chi connectivity index (χ0) is 14.7. The second-order valence-corrected chi connectivity index (χ2v) is 6.50. The summed E-state index contributed by atoms with van der Waals surface area (Å²) in [5, 5.41) is 3.31. The van der Waals surface area contributed by atoms with Crippen LogP contribution in [0, 0.1) is 0 Å². The number of nitrogens with one attached hydrogen (secondary N) is 1. The fraction of sp³-hybridized carbons (Fsp3) is 0.214. The molecule has 1 heterocycles. The van der Waals surface area contributed by atoms with Crippen molar-refractivity contribution in [1.82, 2.24) is 0 Å². The Bertz CT molecular complexity index is 610. The van der Waals surface area contributed by atoms with E-state index in [0.717, 1.165) is 11.3 Å². The summed E-state index contributed by atoms with van der Waals surface area (Å²) in [7, 11) is 1.36. The molecule has 0 radical (unpaired) electrons. The first-order valence-electron chi connectivity index (χ1n) is 5.91. The first-order valence-corrected chi connectivity index (χ1v) is 7.48. The van der Waals surface area contributed by atoms with Crippen molar-refractivity contribution >= 4 is 46.2 Å². The number of halogens is 2. The Kier molecular flexibility index (Phi) is 4.91. The summed E-state index contributed by atoms with van der Waals surface area (Å²) in [6.45, 7) is 2.00. The van der Waals surface area contributed by atoms with Crippen LogP contribution in [0.4, 0.5) is 5.69 Å². The molecule has 2 aromatic rings. The van der Waals surface area contributed by atoms with E-state index in [9.17, 15) is 4.79 Å². The largest absolute Gasteiger partial charge is 0.465 e. The maximum Gasteiger partial charge on any atom is 0.337 e. The summed E-state index contributed by atoms with van der Waals surface area (Å²) in [6.07, 6.45) is 0. The SMILES string of the molecule is COC(=O)c1ccc(NC(C)c2cc(Cl)sc2Cl)cc1. The van der Waals surface area contributed by atoms with Gasteiger partial charge in [-0.1, -0.05) is 23.2 Å². The fourth-order valence-corrected chi connectivity index (χ4v) is 3.44. The summed E-state index contributed by atoms with van der Waals surface area (Å²) < 4.78 is 6.00. The molecule has 3 nitrogen and oxygen atoms in total. The molecule has 0 aliphatic heterocycles. The molecule has 0 bridgehead atoms. The number of esters is 1. The third-order valence-corrected chi connectivity index (χ3v) is 4.36. The van der Waals surface area contributed by atoms with E-state index >= 15 is 0 Å². The molecule has 1 aromatic heterocycles. The Hall–Kier alpha value is -1.23. The zero-order valence-electron chi connectivity index (χ0n) is 10.9. The predicted molar refractivity (Wildman–Crippen MR) is 84.2 cm³/mol. The molecule has 0 saturated carbocycles. The number of carbonyl (C=O) groups excluding carboxylic acids is 1. The first kappa shape index (κ1) is 15.2. The van der Waals surface area contributed by atoms with Gasteiger partial charge in [-0.25, -0.2) is 4.79 Å². The zero-order valence-corrected chi connectivity index (χ0v) is 13.3. The van der Waals surface area contributed by atoms with Crippen LogP contribution in [0.1, 0.15) is 28.9 Å². The van der Waals surface area contributed by atoms with Gasteiger partial charge in [0.05, 0.1) is 27.4 Å². The molecule has 106 valence electrons. The monoisotopic (exact) mass is 329 g/mol. The van der Waals surface area contributed by atoms with E-state index in [-0.39, 0.29) is 12.0 Å². The molecule has 0 spiro atoms. The van der Waals surface area contributed by atoms with Gasteiger partial charge in [0, 0.05) is 11.3 Å².